The van der Waals surface area contributed by atoms with Crippen molar-refractivity contribution in [1.82, 2.24) is 4.98 Å². The summed E-state index contributed by atoms with van der Waals surface area (Å²) in [5.74, 6) is -0.784. The molecule has 0 bridgehead atoms. The smallest absolute Gasteiger partial charge is 0.323 e. The number of carbonyl (C=O) groups is 1. The Balaban J connectivity index is 1.61. The van der Waals surface area contributed by atoms with E-state index in [9.17, 15) is 13.6 Å². The van der Waals surface area contributed by atoms with Gasteiger partial charge in [-0.05, 0) is 37.3 Å². The fourth-order valence-corrected chi connectivity index (χ4v) is 3.19. The Morgan fingerprint density at radius 3 is 2.45 bits per heavy atom. The van der Waals surface area contributed by atoms with Gasteiger partial charge in [0.15, 0.2) is 0 Å². The van der Waals surface area contributed by atoms with Gasteiger partial charge in [0, 0.05) is 28.8 Å². The lowest BCUT2D eigenvalue weighted by molar-refractivity contribution is 0.262. The number of nitrogens with zero attached hydrogens (tertiary/aromatic N) is 1. The highest BCUT2D eigenvalue weighted by atomic mass is 19.1. The monoisotopic (exact) mass is 419 g/mol. The van der Waals surface area contributed by atoms with Crippen LogP contribution in [0, 0.1) is 18.6 Å². The first-order valence-electron chi connectivity index (χ1n) is 9.52. The number of ether oxygens (including phenoxy) is 1. The standard InChI is InChI=1S/C24H19F2N3O2/c1-14-3-5-15(6-4-14)21-13-23(31-2)18-12-17(8-10-20(18)28-21)27-24(30)29-22-11-16(25)7-9-19(22)26/h3-13H,1-2H3,(H2,27,29,30). The quantitative estimate of drug-likeness (QED) is 0.418. The molecule has 7 heteroatoms. The molecule has 0 atom stereocenters. The van der Waals surface area contributed by atoms with Gasteiger partial charge in [-0.15, -0.1) is 0 Å². The molecule has 1 aromatic heterocycles. The maximum Gasteiger partial charge on any atom is 0.323 e. The van der Waals surface area contributed by atoms with E-state index in [-0.39, 0.29) is 5.69 Å². The van der Waals surface area contributed by atoms with Gasteiger partial charge in [0.25, 0.3) is 0 Å². The zero-order valence-corrected chi connectivity index (χ0v) is 16.9. The molecule has 4 rings (SSSR count). The number of fused-ring (bicyclic) bond motifs is 1. The molecular formula is C24H19F2N3O2. The molecular weight excluding hydrogens is 400 g/mol. The third-order valence-electron chi connectivity index (χ3n) is 4.77. The molecule has 0 fully saturated rings. The normalized spacial score (nSPS) is 10.7. The van der Waals surface area contributed by atoms with Crippen LogP contribution in [0.25, 0.3) is 22.2 Å². The second-order valence-corrected chi connectivity index (χ2v) is 7.01. The van der Waals surface area contributed by atoms with Gasteiger partial charge in [0.2, 0.25) is 0 Å². The number of benzene rings is 3. The molecule has 0 radical (unpaired) electrons. The number of aryl methyl sites for hydroxylation is 1. The first kappa shape index (κ1) is 20.3. The topological polar surface area (TPSA) is 63.2 Å². The molecule has 1 heterocycles. The third-order valence-corrected chi connectivity index (χ3v) is 4.77. The lowest BCUT2D eigenvalue weighted by Crippen LogP contribution is -2.20. The van der Waals surface area contributed by atoms with E-state index >= 15 is 0 Å². The van der Waals surface area contributed by atoms with Crippen LogP contribution in [-0.4, -0.2) is 18.1 Å². The zero-order chi connectivity index (χ0) is 22.0. The van der Waals surface area contributed by atoms with Crippen LogP contribution in [0.3, 0.4) is 0 Å². The van der Waals surface area contributed by atoms with Gasteiger partial charge in [-0.25, -0.2) is 18.6 Å². The number of hydrogen-bond donors (Lipinski definition) is 2. The van der Waals surface area contributed by atoms with Crippen molar-refractivity contribution in [3.8, 4) is 17.0 Å². The molecule has 156 valence electrons. The first-order chi connectivity index (χ1) is 14.9. The van der Waals surface area contributed by atoms with Crippen molar-refractivity contribution in [3.05, 3.63) is 83.9 Å². The number of pyridine rings is 1. The molecule has 4 aromatic rings. The van der Waals surface area contributed by atoms with Crippen molar-refractivity contribution in [3.63, 3.8) is 0 Å². The minimum absolute atomic E-state index is 0.250. The summed E-state index contributed by atoms with van der Waals surface area (Å²) in [4.78, 5) is 16.9. The first-order valence-corrected chi connectivity index (χ1v) is 9.52. The van der Waals surface area contributed by atoms with Crippen LogP contribution in [0.15, 0.2) is 66.7 Å². The van der Waals surface area contributed by atoms with Gasteiger partial charge >= 0.3 is 6.03 Å². The number of rotatable bonds is 4. The number of methoxy groups -OCH3 is 1. The molecule has 3 aromatic carbocycles. The lowest BCUT2D eigenvalue weighted by Gasteiger charge is -2.12. The molecule has 5 nitrogen and oxygen atoms in total. The third kappa shape index (κ3) is 4.45. The number of urea groups is 1. The molecule has 0 aliphatic heterocycles. The average Bonchev–Trinajstić information content (AvgIpc) is 2.76. The molecule has 31 heavy (non-hydrogen) atoms. The number of carbonyl (C=O) groups excluding carboxylic acids is 1. The summed E-state index contributed by atoms with van der Waals surface area (Å²) in [6, 6.07) is 17.1. The van der Waals surface area contributed by atoms with E-state index in [2.05, 4.69) is 10.6 Å². The Labute approximate surface area is 177 Å². The summed E-state index contributed by atoms with van der Waals surface area (Å²) in [6.45, 7) is 2.02. The van der Waals surface area contributed by atoms with Crippen molar-refractivity contribution in [2.24, 2.45) is 0 Å². The molecule has 0 saturated carbocycles. The summed E-state index contributed by atoms with van der Waals surface area (Å²) in [5, 5.41) is 5.61. The number of halogens is 2. The van der Waals surface area contributed by atoms with Gasteiger partial charge < -0.3 is 15.4 Å². The minimum Gasteiger partial charge on any atom is -0.496 e. The fraction of sp³-hybridized carbons (Fsp3) is 0.0833. The zero-order valence-electron chi connectivity index (χ0n) is 16.9. The number of amides is 2. The molecule has 0 spiro atoms. The van der Waals surface area contributed by atoms with Crippen LogP contribution < -0.4 is 15.4 Å². The molecule has 0 aliphatic carbocycles. The highest BCUT2D eigenvalue weighted by molar-refractivity contribution is 6.01. The summed E-state index contributed by atoms with van der Waals surface area (Å²) in [6.07, 6.45) is 0. The van der Waals surface area contributed by atoms with Crippen LogP contribution >= 0.6 is 0 Å². The van der Waals surface area contributed by atoms with Gasteiger partial charge in [-0.3, -0.25) is 0 Å². The fourth-order valence-electron chi connectivity index (χ4n) is 3.19. The summed E-state index contributed by atoms with van der Waals surface area (Å²) in [7, 11) is 1.56. The predicted octanol–water partition coefficient (Wildman–Crippen LogP) is 6.14. The van der Waals surface area contributed by atoms with Crippen LogP contribution in [0.4, 0.5) is 25.0 Å². The van der Waals surface area contributed by atoms with E-state index in [0.29, 0.717) is 22.3 Å². The van der Waals surface area contributed by atoms with Gasteiger partial charge in [0.05, 0.1) is 24.0 Å². The second kappa shape index (κ2) is 8.39. The second-order valence-electron chi connectivity index (χ2n) is 7.01. The van der Waals surface area contributed by atoms with E-state index < -0.39 is 17.7 Å². The van der Waals surface area contributed by atoms with E-state index in [4.69, 9.17) is 9.72 Å². The Morgan fingerprint density at radius 2 is 1.71 bits per heavy atom. The van der Waals surface area contributed by atoms with Crippen molar-refractivity contribution in [2.75, 3.05) is 17.7 Å². The Kier molecular flexibility index (Phi) is 5.49. The van der Waals surface area contributed by atoms with Crippen LogP contribution in [-0.2, 0) is 0 Å². The van der Waals surface area contributed by atoms with Gasteiger partial charge in [-0.2, -0.15) is 0 Å². The van der Waals surface area contributed by atoms with E-state index in [0.717, 1.165) is 35.0 Å². The lowest BCUT2D eigenvalue weighted by atomic mass is 10.1. The number of nitrogens with one attached hydrogen (secondary N) is 2. The minimum atomic E-state index is -0.732. The van der Waals surface area contributed by atoms with Crippen molar-refractivity contribution >= 4 is 28.3 Å². The molecule has 0 aliphatic rings. The SMILES string of the molecule is COc1cc(-c2ccc(C)cc2)nc2ccc(NC(=O)Nc3cc(F)ccc3F)cc12. The molecule has 0 unspecified atom stereocenters. The van der Waals surface area contributed by atoms with Gasteiger partial charge in [0.1, 0.15) is 17.4 Å². The molecule has 2 N–H and O–H groups in total. The van der Waals surface area contributed by atoms with E-state index in [1.165, 1.54) is 0 Å². The summed E-state index contributed by atoms with van der Waals surface area (Å²) >= 11 is 0. The Morgan fingerprint density at radius 1 is 0.935 bits per heavy atom. The Hall–Kier alpha value is -4.00. The predicted molar refractivity (Wildman–Crippen MR) is 117 cm³/mol. The number of aromatic nitrogens is 1. The van der Waals surface area contributed by atoms with E-state index in [1.807, 2.05) is 37.3 Å². The highest BCUT2D eigenvalue weighted by Crippen LogP contribution is 2.32. The number of anilines is 2. The number of hydrogen-bond acceptors (Lipinski definition) is 3. The van der Waals surface area contributed by atoms with Crippen LogP contribution in [0.1, 0.15) is 5.56 Å². The van der Waals surface area contributed by atoms with Crippen LogP contribution in [0.2, 0.25) is 0 Å². The maximum atomic E-state index is 13.7. The molecule has 2 amide bonds. The largest absolute Gasteiger partial charge is 0.496 e. The van der Waals surface area contributed by atoms with Crippen molar-refractivity contribution in [1.29, 1.82) is 0 Å². The maximum absolute atomic E-state index is 13.7. The summed E-state index contributed by atoms with van der Waals surface area (Å²) in [5.41, 5.74) is 3.78. The van der Waals surface area contributed by atoms with Crippen LogP contribution in [0.5, 0.6) is 5.75 Å². The van der Waals surface area contributed by atoms with Crippen molar-refractivity contribution < 1.29 is 18.3 Å². The van der Waals surface area contributed by atoms with Crippen molar-refractivity contribution in [2.45, 2.75) is 6.92 Å². The highest BCUT2D eigenvalue weighted by Gasteiger charge is 2.12. The molecule has 0 saturated heterocycles. The Bertz CT molecular complexity index is 1270. The average molecular weight is 419 g/mol. The van der Waals surface area contributed by atoms with E-state index in [1.54, 1.807) is 25.3 Å². The van der Waals surface area contributed by atoms with Gasteiger partial charge in [-0.1, -0.05) is 29.8 Å². The summed E-state index contributed by atoms with van der Waals surface area (Å²) < 4.78 is 32.6.